The van der Waals surface area contributed by atoms with Crippen molar-refractivity contribution < 1.29 is 4.42 Å². The van der Waals surface area contributed by atoms with Gasteiger partial charge in [-0.05, 0) is 36.5 Å². The first-order chi connectivity index (χ1) is 5.92. The van der Waals surface area contributed by atoms with E-state index in [9.17, 15) is 0 Å². The molecule has 0 aromatic heterocycles. The zero-order valence-corrected chi connectivity index (χ0v) is 6.97. The number of thiocarbonyl (C=S) groups is 1. The second-order valence-corrected chi connectivity index (χ2v) is 2.50. The summed E-state index contributed by atoms with van der Waals surface area (Å²) in [5.41, 5.74) is 1.78. The zero-order valence-electron chi connectivity index (χ0n) is 6.15. The van der Waals surface area contributed by atoms with Crippen molar-refractivity contribution in [2.45, 2.75) is 0 Å². The van der Waals surface area contributed by atoms with Crippen LogP contribution in [-0.2, 0) is 0 Å². The molecule has 0 saturated carbocycles. The van der Waals surface area contributed by atoms with Crippen molar-refractivity contribution in [1.82, 2.24) is 0 Å². The van der Waals surface area contributed by atoms with E-state index in [1.54, 1.807) is 6.26 Å². The molecule has 0 spiro atoms. The molecule has 1 heterocycles. The maximum Gasteiger partial charge on any atom is 0.136 e. The van der Waals surface area contributed by atoms with Gasteiger partial charge in [0.05, 0.1) is 17.1 Å². The second-order valence-electron chi connectivity index (χ2n) is 2.31. The van der Waals surface area contributed by atoms with E-state index in [4.69, 9.17) is 4.42 Å². The molecule has 0 bridgehead atoms. The highest BCUT2D eigenvalue weighted by Gasteiger charge is 2.08. The number of hydrogen-bond acceptors (Lipinski definition) is 3. The highest BCUT2D eigenvalue weighted by Crippen LogP contribution is 2.33. The Bertz CT molecular complexity index is 415. The first kappa shape index (κ1) is 7.22. The van der Waals surface area contributed by atoms with Gasteiger partial charge in [-0.2, -0.15) is 4.99 Å². The number of hydrogen-bond donors (Lipinski definition) is 0. The summed E-state index contributed by atoms with van der Waals surface area (Å²) in [6.07, 6.45) is 1.63. The lowest BCUT2D eigenvalue weighted by Gasteiger charge is -1.95. The maximum atomic E-state index is 5.22. The van der Waals surface area contributed by atoms with E-state index in [1.807, 2.05) is 24.3 Å². The normalized spacial score (nSPS) is 9.67. The molecule has 2 aliphatic rings. The molecule has 0 aromatic rings. The van der Waals surface area contributed by atoms with Gasteiger partial charge in [-0.3, -0.25) is 0 Å². The smallest absolute Gasteiger partial charge is 0.136 e. The molecule has 12 heavy (non-hydrogen) atoms. The molecule has 1 aliphatic carbocycles. The molecule has 0 aromatic carbocycles. The average Bonchev–Trinajstić information content (AvgIpc) is 2.50. The third-order valence-electron chi connectivity index (χ3n) is 1.64. The quantitative estimate of drug-likeness (QED) is 0.491. The van der Waals surface area contributed by atoms with Crippen LogP contribution in [0.25, 0.3) is 11.3 Å². The summed E-state index contributed by atoms with van der Waals surface area (Å²) >= 11 is 4.52. The van der Waals surface area contributed by atoms with Crippen LogP contribution >= 0.6 is 12.2 Å². The van der Waals surface area contributed by atoms with Gasteiger partial charge in [0.2, 0.25) is 0 Å². The lowest BCUT2D eigenvalue weighted by molar-refractivity contribution is 0.567. The largest absolute Gasteiger partial charge is 0.464 e. The van der Waals surface area contributed by atoms with Crippen LogP contribution in [-0.4, -0.2) is 5.16 Å². The number of aliphatic imine (C=N–C) groups is 1. The first-order valence-corrected chi connectivity index (χ1v) is 3.87. The molecule has 0 atom stereocenters. The van der Waals surface area contributed by atoms with Gasteiger partial charge >= 0.3 is 0 Å². The third kappa shape index (κ3) is 1.05. The summed E-state index contributed by atoms with van der Waals surface area (Å²) in [5.74, 6) is 0.821. The number of fused-ring (bicyclic) bond motifs is 1. The highest BCUT2D eigenvalue weighted by molar-refractivity contribution is 7.78. The molecule has 0 saturated heterocycles. The number of isothiocyanates is 1. The highest BCUT2D eigenvalue weighted by atomic mass is 32.1. The van der Waals surface area contributed by atoms with Gasteiger partial charge in [0.15, 0.2) is 0 Å². The maximum absolute atomic E-state index is 5.22. The van der Waals surface area contributed by atoms with Crippen LogP contribution in [0.2, 0.25) is 0 Å². The van der Waals surface area contributed by atoms with E-state index >= 15 is 0 Å². The molecule has 0 N–H and O–H groups in total. The Morgan fingerprint density at radius 1 is 1.33 bits per heavy atom. The van der Waals surface area contributed by atoms with Crippen LogP contribution in [0.5, 0.6) is 0 Å². The molecule has 0 fully saturated rings. The van der Waals surface area contributed by atoms with Gasteiger partial charge in [0.1, 0.15) is 5.76 Å². The van der Waals surface area contributed by atoms with Crippen LogP contribution in [0, 0.1) is 0 Å². The standard InChI is InChI=1S/C9H5NOS/c12-6-10-8-3-4-9-7(8)2-1-5-11-9/h1-5H. The third-order valence-corrected chi connectivity index (χ3v) is 1.73. The molecule has 0 amide bonds. The Hall–Kier alpha value is -1.44. The summed E-state index contributed by atoms with van der Waals surface area (Å²) < 4.78 is 5.22. The molecule has 58 valence electrons. The van der Waals surface area contributed by atoms with Crippen molar-refractivity contribution in [3.8, 4) is 11.3 Å². The fourth-order valence-electron chi connectivity index (χ4n) is 1.13. The van der Waals surface area contributed by atoms with Crippen molar-refractivity contribution >= 4 is 23.1 Å². The van der Waals surface area contributed by atoms with Gasteiger partial charge < -0.3 is 4.42 Å². The molecule has 0 radical (unpaired) electrons. The van der Waals surface area contributed by atoms with Crippen LogP contribution in [0.3, 0.4) is 0 Å². The molecular weight excluding hydrogens is 170 g/mol. The van der Waals surface area contributed by atoms with Crippen LogP contribution in [0.15, 0.2) is 39.9 Å². The van der Waals surface area contributed by atoms with Crippen molar-refractivity contribution in [3.63, 3.8) is 0 Å². The van der Waals surface area contributed by atoms with Crippen molar-refractivity contribution in [2.75, 3.05) is 0 Å². The van der Waals surface area contributed by atoms with E-state index in [1.165, 1.54) is 0 Å². The lowest BCUT2D eigenvalue weighted by atomic mass is 10.2. The van der Waals surface area contributed by atoms with Crippen molar-refractivity contribution in [2.24, 2.45) is 4.99 Å². The minimum absolute atomic E-state index is 0.810. The predicted octanol–water partition coefficient (Wildman–Crippen LogP) is 3.12. The van der Waals surface area contributed by atoms with Gasteiger partial charge in [-0.15, -0.1) is 0 Å². The van der Waals surface area contributed by atoms with Crippen LogP contribution in [0.1, 0.15) is 0 Å². The monoisotopic (exact) mass is 175 g/mol. The molecule has 2 nitrogen and oxygen atoms in total. The van der Waals surface area contributed by atoms with Crippen LogP contribution < -0.4 is 0 Å². The summed E-state index contributed by atoms with van der Waals surface area (Å²) in [7, 11) is 0. The Morgan fingerprint density at radius 3 is 3.08 bits per heavy atom. The van der Waals surface area contributed by atoms with E-state index in [0.29, 0.717) is 0 Å². The van der Waals surface area contributed by atoms with E-state index in [-0.39, 0.29) is 0 Å². The Kier molecular flexibility index (Phi) is 1.74. The van der Waals surface area contributed by atoms with Crippen molar-refractivity contribution in [3.05, 3.63) is 30.5 Å². The zero-order chi connectivity index (χ0) is 8.39. The molecule has 0 unspecified atom stereocenters. The Morgan fingerprint density at radius 2 is 2.25 bits per heavy atom. The van der Waals surface area contributed by atoms with Gasteiger partial charge in [-0.25, -0.2) is 0 Å². The summed E-state index contributed by atoms with van der Waals surface area (Å²) in [5, 5.41) is 2.33. The molecular formula is C9H5NOS. The van der Waals surface area contributed by atoms with Gasteiger partial charge in [0, 0.05) is 5.56 Å². The SMILES string of the molecule is S=C=Nc1ccc2occcc1-2. The molecule has 1 aliphatic heterocycles. The average molecular weight is 175 g/mol. The van der Waals surface area contributed by atoms with Gasteiger partial charge in [-0.1, -0.05) is 0 Å². The Labute approximate surface area is 74.9 Å². The Balaban J connectivity index is 2.67. The first-order valence-electron chi connectivity index (χ1n) is 3.46. The van der Waals surface area contributed by atoms with Crippen molar-refractivity contribution in [1.29, 1.82) is 0 Å². The van der Waals surface area contributed by atoms with Gasteiger partial charge in [0.25, 0.3) is 0 Å². The number of rotatable bonds is 1. The summed E-state index contributed by atoms with van der Waals surface area (Å²) in [4.78, 5) is 3.90. The summed E-state index contributed by atoms with van der Waals surface area (Å²) in [6.45, 7) is 0. The lowest BCUT2D eigenvalue weighted by Crippen LogP contribution is -1.69. The fraction of sp³-hybridized carbons (Fsp3) is 0. The fourth-order valence-corrected chi connectivity index (χ4v) is 1.22. The molecule has 2 rings (SSSR count). The minimum Gasteiger partial charge on any atom is -0.464 e. The van der Waals surface area contributed by atoms with E-state index in [2.05, 4.69) is 22.4 Å². The van der Waals surface area contributed by atoms with Crippen LogP contribution in [0.4, 0.5) is 5.69 Å². The van der Waals surface area contributed by atoms with E-state index in [0.717, 1.165) is 17.0 Å². The predicted molar refractivity (Wildman–Crippen MR) is 50.0 cm³/mol. The minimum atomic E-state index is 0.810. The van der Waals surface area contributed by atoms with E-state index < -0.39 is 0 Å². The number of nitrogens with zero attached hydrogens (tertiary/aromatic N) is 1. The summed E-state index contributed by atoms with van der Waals surface area (Å²) in [6, 6.07) is 7.48. The second kappa shape index (κ2) is 2.89. The molecule has 3 heteroatoms. The topological polar surface area (TPSA) is 25.5 Å².